The zero-order valence-corrected chi connectivity index (χ0v) is 28.3. The van der Waals surface area contributed by atoms with Crippen LogP contribution >= 0.6 is 0 Å². The van der Waals surface area contributed by atoms with Crippen molar-refractivity contribution in [3.63, 3.8) is 0 Å². The van der Waals surface area contributed by atoms with Gasteiger partial charge >= 0.3 is 0 Å². The Labute approximate surface area is 294 Å². The molecule has 0 amide bonds. The monoisotopic (exact) mass is 670 g/mol. The van der Waals surface area contributed by atoms with Gasteiger partial charge < -0.3 is 9.47 Å². The highest BCUT2D eigenvalue weighted by atomic mass is 16.6. The van der Waals surface area contributed by atoms with Crippen molar-refractivity contribution in [3.8, 4) is 11.5 Å². The molecule has 8 heteroatoms. The Hall–Kier alpha value is -6.28. The average molecular weight is 671 g/mol. The van der Waals surface area contributed by atoms with Crippen molar-refractivity contribution in [2.24, 2.45) is 0 Å². The van der Waals surface area contributed by atoms with E-state index in [0.29, 0.717) is 0 Å². The van der Waals surface area contributed by atoms with E-state index in [1.807, 2.05) is 121 Å². The Morgan fingerprint density at radius 3 is 0.940 bits per heavy atom. The number of nitro groups is 2. The van der Waals surface area contributed by atoms with Crippen molar-refractivity contribution in [1.82, 2.24) is 0 Å². The number of nitro benzene ring substituents is 2. The lowest BCUT2D eigenvalue weighted by molar-refractivity contribution is -0.385. The van der Waals surface area contributed by atoms with Crippen molar-refractivity contribution >= 4 is 35.7 Å². The van der Waals surface area contributed by atoms with Crippen molar-refractivity contribution in [2.75, 3.05) is 13.2 Å². The smallest absolute Gasteiger partial charge is 0.269 e. The maximum absolute atomic E-state index is 10.6. The molecule has 0 N–H and O–H groups in total. The topological polar surface area (TPSA) is 105 Å². The van der Waals surface area contributed by atoms with Gasteiger partial charge in [-0.05, 0) is 83.6 Å². The molecule has 0 bridgehead atoms. The maximum atomic E-state index is 10.6. The summed E-state index contributed by atoms with van der Waals surface area (Å²) in [6, 6.07) is 28.8. The molecule has 4 aromatic carbocycles. The van der Waals surface area contributed by atoms with Crippen LogP contribution in [0.4, 0.5) is 11.4 Å². The Morgan fingerprint density at radius 2 is 0.700 bits per heavy atom. The van der Waals surface area contributed by atoms with Gasteiger partial charge in [-0.15, -0.1) is 0 Å². The van der Waals surface area contributed by atoms with Crippen LogP contribution in [0.25, 0.3) is 24.3 Å². The summed E-state index contributed by atoms with van der Waals surface area (Å²) in [5, 5.41) is 21.2. The quantitative estimate of drug-likeness (QED) is 0.0667. The van der Waals surface area contributed by atoms with Crippen molar-refractivity contribution in [3.05, 3.63) is 188 Å². The van der Waals surface area contributed by atoms with E-state index in [1.54, 1.807) is 24.3 Å². The second-order valence-corrected chi connectivity index (χ2v) is 10.7. The molecule has 0 aliphatic carbocycles. The SMILES string of the molecule is CCCOc1ccc(/C=C/C=C/C=C/c2ccc([N+](=O)[O-])cc2)cc1.CCCOc1ccc(/C=C/C=C/C=C/c2ccc([N+](=O)[O-])cc2)cc1. The number of rotatable bonds is 16. The second-order valence-electron chi connectivity index (χ2n) is 10.7. The predicted octanol–water partition coefficient (Wildman–Crippen LogP) is 11.3. The summed E-state index contributed by atoms with van der Waals surface area (Å²) in [7, 11) is 0. The van der Waals surface area contributed by atoms with Crippen LogP contribution in [0, 0.1) is 20.2 Å². The Bertz CT molecular complexity index is 1650. The first kappa shape index (κ1) is 38.2. The fraction of sp³-hybridized carbons (Fsp3) is 0.143. The second kappa shape index (κ2) is 22.3. The summed E-state index contributed by atoms with van der Waals surface area (Å²) in [5.41, 5.74) is 4.24. The third-order valence-corrected chi connectivity index (χ3v) is 6.74. The van der Waals surface area contributed by atoms with E-state index < -0.39 is 9.85 Å². The van der Waals surface area contributed by atoms with Gasteiger partial charge in [-0.2, -0.15) is 0 Å². The highest BCUT2D eigenvalue weighted by Crippen LogP contribution is 2.16. The highest BCUT2D eigenvalue weighted by Gasteiger charge is 2.02. The number of ether oxygens (including phenoxy) is 2. The lowest BCUT2D eigenvalue weighted by Crippen LogP contribution is -1.94. The summed E-state index contributed by atoms with van der Waals surface area (Å²) >= 11 is 0. The van der Waals surface area contributed by atoms with Crippen molar-refractivity contribution < 1.29 is 19.3 Å². The molecule has 4 rings (SSSR count). The van der Waals surface area contributed by atoms with E-state index in [0.717, 1.165) is 59.8 Å². The maximum Gasteiger partial charge on any atom is 0.269 e. The van der Waals surface area contributed by atoms with E-state index in [2.05, 4.69) is 13.8 Å². The van der Waals surface area contributed by atoms with Gasteiger partial charge in [0.25, 0.3) is 11.4 Å². The fourth-order valence-electron chi connectivity index (χ4n) is 4.13. The number of allylic oxidation sites excluding steroid dienone is 8. The Morgan fingerprint density at radius 1 is 0.440 bits per heavy atom. The van der Waals surface area contributed by atoms with E-state index in [4.69, 9.17) is 9.47 Å². The molecule has 0 radical (unpaired) electrons. The molecule has 0 spiro atoms. The zero-order chi connectivity index (χ0) is 35.8. The van der Waals surface area contributed by atoms with Gasteiger partial charge in [0.2, 0.25) is 0 Å². The number of nitrogens with zero attached hydrogens (tertiary/aromatic N) is 2. The molecule has 0 aliphatic rings. The number of hydrogen-bond donors (Lipinski definition) is 0. The minimum atomic E-state index is -0.402. The number of benzene rings is 4. The minimum absolute atomic E-state index is 0.0988. The van der Waals surface area contributed by atoms with Crippen LogP contribution < -0.4 is 9.47 Å². The van der Waals surface area contributed by atoms with Crippen LogP contribution in [0.15, 0.2) is 146 Å². The molecule has 0 atom stereocenters. The molecule has 0 fully saturated rings. The molecular weight excluding hydrogens is 628 g/mol. The molecule has 0 saturated heterocycles. The van der Waals surface area contributed by atoms with Crippen LogP contribution in [-0.2, 0) is 0 Å². The van der Waals surface area contributed by atoms with Crippen LogP contribution in [-0.4, -0.2) is 23.1 Å². The summed E-state index contributed by atoms with van der Waals surface area (Å²) in [6.07, 6.45) is 25.2. The summed E-state index contributed by atoms with van der Waals surface area (Å²) in [5.74, 6) is 1.78. The van der Waals surface area contributed by atoms with E-state index in [9.17, 15) is 20.2 Å². The van der Waals surface area contributed by atoms with Gasteiger partial charge in [-0.1, -0.05) is 111 Å². The molecular formula is C42H42N2O6. The Balaban J connectivity index is 0.000000270. The zero-order valence-electron chi connectivity index (χ0n) is 28.3. The van der Waals surface area contributed by atoms with Gasteiger partial charge in [0.1, 0.15) is 11.5 Å². The summed E-state index contributed by atoms with van der Waals surface area (Å²) < 4.78 is 11.1. The van der Waals surface area contributed by atoms with E-state index in [-0.39, 0.29) is 11.4 Å². The van der Waals surface area contributed by atoms with Gasteiger partial charge in [-0.25, -0.2) is 0 Å². The fourth-order valence-corrected chi connectivity index (χ4v) is 4.13. The minimum Gasteiger partial charge on any atom is -0.494 e. The van der Waals surface area contributed by atoms with Crippen LogP contribution in [0.5, 0.6) is 11.5 Å². The van der Waals surface area contributed by atoms with Gasteiger partial charge in [0, 0.05) is 24.3 Å². The third-order valence-electron chi connectivity index (χ3n) is 6.74. The summed E-state index contributed by atoms with van der Waals surface area (Å²) in [6.45, 7) is 5.64. The molecule has 8 nitrogen and oxygen atoms in total. The molecule has 256 valence electrons. The van der Waals surface area contributed by atoms with Crippen LogP contribution in [0.3, 0.4) is 0 Å². The van der Waals surface area contributed by atoms with Gasteiger partial charge in [0.05, 0.1) is 23.1 Å². The number of hydrogen-bond acceptors (Lipinski definition) is 6. The first-order valence-electron chi connectivity index (χ1n) is 16.4. The number of non-ortho nitro benzene ring substituents is 2. The summed E-state index contributed by atoms with van der Waals surface area (Å²) in [4.78, 5) is 20.4. The van der Waals surface area contributed by atoms with E-state index in [1.165, 1.54) is 24.3 Å². The first-order valence-corrected chi connectivity index (χ1v) is 16.4. The highest BCUT2D eigenvalue weighted by molar-refractivity contribution is 5.56. The van der Waals surface area contributed by atoms with Crippen LogP contribution in [0.2, 0.25) is 0 Å². The average Bonchev–Trinajstić information content (AvgIpc) is 3.14. The van der Waals surface area contributed by atoms with Crippen molar-refractivity contribution in [2.45, 2.75) is 26.7 Å². The molecule has 50 heavy (non-hydrogen) atoms. The van der Waals surface area contributed by atoms with Crippen molar-refractivity contribution in [1.29, 1.82) is 0 Å². The molecule has 0 aliphatic heterocycles. The normalized spacial score (nSPS) is 11.6. The molecule has 0 heterocycles. The lowest BCUT2D eigenvalue weighted by Gasteiger charge is -2.03. The standard InChI is InChI=1S/2C21H21NO3/c2*1-2-17-25-21-15-11-19(12-16-21)8-6-4-3-5-7-18-9-13-20(14-10-18)22(23)24/h2*3-16H,2,17H2,1H3/b2*4-3+,7-5+,8-6+. The Kier molecular flexibility index (Phi) is 17.0. The van der Waals surface area contributed by atoms with E-state index >= 15 is 0 Å². The molecule has 0 aromatic heterocycles. The van der Waals surface area contributed by atoms with Gasteiger partial charge in [0.15, 0.2) is 0 Å². The first-order chi connectivity index (χ1) is 24.4. The largest absolute Gasteiger partial charge is 0.494 e. The lowest BCUT2D eigenvalue weighted by atomic mass is 10.2. The molecule has 0 saturated carbocycles. The molecule has 0 unspecified atom stereocenters. The van der Waals surface area contributed by atoms with Gasteiger partial charge in [-0.3, -0.25) is 20.2 Å². The molecule has 4 aromatic rings. The predicted molar refractivity (Wildman–Crippen MR) is 205 cm³/mol. The van der Waals surface area contributed by atoms with Crippen LogP contribution in [0.1, 0.15) is 48.9 Å². The third kappa shape index (κ3) is 15.1.